The Morgan fingerprint density at radius 2 is 2.45 bits per heavy atom. The average molecular weight is 154 g/mol. The van der Waals surface area contributed by atoms with E-state index in [1.165, 1.54) is 25.1 Å². The van der Waals surface area contributed by atoms with Crippen LogP contribution in [0.1, 0.15) is 19.8 Å². The summed E-state index contributed by atoms with van der Waals surface area (Å²) in [6.45, 7) is 5.63. The van der Waals surface area contributed by atoms with Crippen LogP contribution in [0.4, 0.5) is 0 Å². The maximum Gasteiger partial charge on any atom is 0.0375 e. The summed E-state index contributed by atoms with van der Waals surface area (Å²) >= 11 is 0. The van der Waals surface area contributed by atoms with Crippen LogP contribution >= 0.6 is 0 Å². The van der Waals surface area contributed by atoms with Crippen molar-refractivity contribution in [2.75, 3.05) is 26.7 Å². The highest BCUT2D eigenvalue weighted by molar-refractivity contribution is 5.07. The van der Waals surface area contributed by atoms with E-state index in [4.69, 9.17) is 0 Å². The first kappa shape index (κ1) is 8.60. The van der Waals surface area contributed by atoms with Crippen LogP contribution in [-0.2, 0) is 0 Å². The molecular weight excluding hydrogens is 136 g/mol. The molecule has 0 aliphatic carbocycles. The van der Waals surface area contributed by atoms with Crippen LogP contribution < -0.4 is 5.32 Å². The van der Waals surface area contributed by atoms with Crippen LogP contribution in [0.5, 0.6) is 0 Å². The third-order valence-corrected chi connectivity index (χ3v) is 1.93. The lowest BCUT2D eigenvalue weighted by Crippen LogP contribution is -2.25. The minimum Gasteiger partial charge on any atom is -0.387 e. The number of hydrogen-bond acceptors (Lipinski definition) is 2. The molecule has 11 heavy (non-hydrogen) atoms. The Morgan fingerprint density at radius 3 is 3.00 bits per heavy atom. The molecule has 0 saturated carbocycles. The third kappa shape index (κ3) is 2.93. The Bertz CT molecular complexity index is 140. The maximum absolute atomic E-state index is 3.37. The van der Waals surface area contributed by atoms with Crippen LogP contribution in [0.15, 0.2) is 11.8 Å². The molecule has 0 amide bonds. The normalized spacial score (nSPS) is 16.8. The zero-order valence-electron chi connectivity index (χ0n) is 7.56. The summed E-state index contributed by atoms with van der Waals surface area (Å²) in [6, 6.07) is 0. The van der Waals surface area contributed by atoms with Gasteiger partial charge in [0, 0.05) is 18.8 Å². The van der Waals surface area contributed by atoms with Gasteiger partial charge in [0.1, 0.15) is 0 Å². The van der Waals surface area contributed by atoms with Crippen molar-refractivity contribution < 1.29 is 0 Å². The molecular formula is C9H18N2. The second-order valence-electron chi connectivity index (χ2n) is 3.18. The summed E-state index contributed by atoms with van der Waals surface area (Å²) in [5.74, 6) is 0. The summed E-state index contributed by atoms with van der Waals surface area (Å²) in [5.41, 5.74) is 1.40. The SMILES string of the molecule is CCCN(C)CC1=CCCN1. The molecule has 0 aromatic rings. The van der Waals surface area contributed by atoms with Crippen LogP contribution in [0, 0.1) is 0 Å². The molecule has 1 heterocycles. The van der Waals surface area contributed by atoms with Crippen molar-refractivity contribution in [1.82, 2.24) is 10.2 Å². The second-order valence-corrected chi connectivity index (χ2v) is 3.18. The van der Waals surface area contributed by atoms with Crippen LogP contribution in [0.3, 0.4) is 0 Å². The summed E-state index contributed by atoms with van der Waals surface area (Å²) in [5, 5.41) is 3.37. The highest BCUT2D eigenvalue weighted by atomic mass is 15.1. The predicted octanol–water partition coefficient (Wildman–Crippen LogP) is 1.21. The lowest BCUT2D eigenvalue weighted by atomic mass is 10.3. The molecule has 64 valence electrons. The molecule has 0 fully saturated rings. The fraction of sp³-hybridized carbons (Fsp3) is 0.778. The zero-order valence-corrected chi connectivity index (χ0v) is 7.56. The van der Waals surface area contributed by atoms with E-state index in [9.17, 15) is 0 Å². The van der Waals surface area contributed by atoms with Crippen molar-refractivity contribution in [2.24, 2.45) is 0 Å². The van der Waals surface area contributed by atoms with Gasteiger partial charge in [0.25, 0.3) is 0 Å². The molecule has 0 radical (unpaired) electrons. The molecule has 1 N–H and O–H groups in total. The lowest BCUT2D eigenvalue weighted by Gasteiger charge is -2.16. The van der Waals surface area contributed by atoms with Gasteiger partial charge in [0.2, 0.25) is 0 Å². The van der Waals surface area contributed by atoms with E-state index < -0.39 is 0 Å². The second kappa shape index (κ2) is 4.39. The van der Waals surface area contributed by atoms with Gasteiger partial charge in [-0.2, -0.15) is 0 Å². The van der Waals surface area contributed by atoms with Crippen molar-refractivity contribution in [1.29, 1.82) is 0 Å². The van der Waals surface area contributed by atoms with Crippen molar-refractivity contribution in [3.05, 3.63) is 11.8 Å². The molecule has 1 rings (SSSR count). The minimum absolute atomic E-state index is 1.09. The monoisotopic (exact) mass is 154 g/mol. The topological polar surface area (TPSA) is 15.3 Å². The van der Waals surface area contributed by atoms with E-state index >= 15 is 0 Å². The zero-order chi connectivity index (χ0) is 8.10. The van der Waals surface area contributed by atoms with Gasteiger partial charge in [-0.15, -0.1) is 0 Å². The number of hydrogen-bond donors (Lipinski definition) is 1. The third-order valence-electron chi connectivity index (χ3n) is 1.93. The van der Waals surface area contributed by atoms with E-state index in [0.29, 0.717) is 0 Å². The molecule has 0 bridgehead atoms. The molecule has 0 unspecified atom stereocenters. The van der Waals surface area contributed by atoms with Crippen LogP contribution in [0.25, 0.3) is 0 Å². The Morgan fingerprint density at radius 1 is 1.64 bits per heavy atom. The van der Waals surface area contributed by atoms with Gasteiger partial charge in [-0.1, -0.05) is 13.0 Å². The van der Waals surface area contributed by atoms with Gasteiger partial charge in [0.05, 0.1) is 0 Å². The molecule has 0 aromatic carbocycles. The summed E-state index contributed by atoms with van der Waals surface area (Å²) in [6.07, 6.45) is 4.74. The molecule has 1 aliphatic rings. The van der Waals surface area contributed by atoms with Gasteiger partial charge in [-0.05, 0) is 26.4 Å². The Labute approximate surface area is 69.3 Å². The van der Waals surface area contributed by atoms with Gasteiger partial charge in [0.15, 0.2) is 0 Å². The average Bonchev–Trinajstić information content (AvgIpc) is 2.40. The Kier molecular flexibility index (Phi) is 3.43. The largest absolute Gasteiger partial charge is 0.387 e. The minimum atomic E-state index is 1.09. The van der Waals surface area contributed by atoms with Crippen molar-refractivity contribution >= 4 is 0 Å². The van der Waals surface area contributed by atoms with Gasteiger partial charge in [-0.25, -0.2) is 0 Å². The van der Waals surface area contributed by atoms with E-state index in [1.807, 2.05) is 0 Å². The van der Waals surface area contributed by atoms with Gasteiger partial charge >= 0.3 is 0 Å². The fourth-order valence-corrected chi connectivity index (χ4v) is 1.42. The van der Waals surface area contributed by atoms with Crippen LogP contribution in [0.2, 0.25) is 0 Å². The highest BCUT2D eigenvalue weighted by Crippen LogP contribution is 2.02. The van der Waals surface area contributed by atoms with Crippen molar-refractivity contribution in [3.8, 4) is 0 Å². The number of likely N-dealkylation sites (N-methyl/N-ethyl adjacent to an activating group) is 1. The number of rotatable bonds is 4. The standard InChI is InChI=1S/C9H18N2/c1-3-7-11(2)8-9-5-4-6-10-9/h5,10H,3-4,6-8H2,1-2H3. The Hall–Kier alpha value is -0.500. The van der Waals surface area contributed by atoms with Gasteiger partial charge < -0.3 is 10.2 Å². The number of nitrogens with zero attached hydrogens (tertiary/aromatic N) is 1. The quantitative estimate of drug-likeness (QED) is 0.654. The van der Waals surface area contributed by atoms with Crippen LogP contribution in [-0.4, -0.2) is 31.6 Å². The molecule has 2 heteroatoms. The smallest absolute Gasteiger partial charge is 0.0375 e. The summed E-state index contributed by atoms with van der Waals surface area (Å²) < 4.78 is 0. The Balaban J connectivity index is 2.18. The first-order valence-electron chi connectivity index (χ1n) is 4.44. The molecule has 0 spiro atoms. The molecule has 0 saturated heterocycles. The highest BCUT2D eigenvalue weighted by Gasteiger charge is 2.04. The van der Waals surface area contributed by atoms with E-state index in [-0.39, 0.29) is 0 Å². The van der Waals surface area contributed by atoms with E-state index in [1.54, 1.807) is 0 Å². The number of nitrogens with one attached hydrogen (secondary N) is 1. The summed E-state index contributed by atoms with van der Waals surface area (Å²) in [7, 11) is 2.17. The van der Waals surface area contributed by atoms with Crippen molar-refractivity contribution in [3.63, 3.8) is 0 Å². The van der Waals surface area contributed by atoms with E-state index in [2.05, 4.69) is 30.3 Å². The molecule has 2 nitrogen and oxygen atoms in total. The maximum atomic E-state index is 3.37. The van der Waals surface area contributed by atoms with E-state index in [0.717, 1.165) is 13.1 Å². The molecule has 1 aliphatic heterocycles. The fourth-order valence-electron chi connectivity index (χ4n) is 1.42. The lowest BCUT2D eigenvalue weighted by molar-refractivity contribution is 0.357. The first-order chi connectivity index (χ1) is 5.33. The molecule has 0 aromatic heterocycles. The van der Waals surface area contributed by atoms with Gasteiger partial charge in [-0.3, -0.25) is 0 Å². The predicted molar refractivity (Wildman–Crippen MR) is 48.5 cm³/mol. The molecule has 0 atom stereocenters. The first-order valence-corrected chi connectivity index (χ1v) is 4.44. The summed E-state index contributed by atoms with van der Waals surface area (Å²) in [4.78, 5) is 2.35. The van der Waals surface area contributed by atoms with Crippen molar-refractivity contribution in [2.45, 2.75) is 19.8 Å².